The van der Waals surface area contributed by atoms with Crippen molar-refractivity contribution in [3.63, 3.8) is 0 Å². The number of nitrogens with one attached hydrogen (secondary N) is 2. The third kappa shape index (κ3) is 4.05. The highest BCUT2D eigenvalue weighted by molar-refractivity contribution is 5.98. The molecule has 6 nitrogen and oxygen atoms in total. The maximum absolute atomic E-state index is 11.9. The number of aryl methyl sites for hydroxylation is 1. The number of nitrogens with two attached hydrogens (primary N) is 1. The summed E-state index contributed by atoms with van der Waals surface area (Å²) >= 11 is 0. The Morgan fingerprint density at radius 2 is 1.86 bits per heavy atom. The third-order valence-corrected chi connectivity index (χ3v) is 3.13. The number of hydrogen-bond donors (Lipinski definition) is 3. The van der Waals surface area contributed by atoms with Gasteiger partial charge in [0.05, 0.1) is 11.3 Å². The number of aromatic nitrogens is 1. The van der Waals surface area contributed by atoms with E-state index in [2.05, 4.69) is 15.6 Å². The molecule has 0 saturated carbocycles. The van der Waals surface area contributed by atoms with E-state index in [1.165, 1.54) is 6.20 Å². The third-order valence-electron chi connectivity index (χ3n) is 3.13. The first-order valence-electron chi connectivity index (χ1n) is 6.90. The Hall–Kier alpha value is -2.89. The number of anilines is 1. The second-order valence-electron chi connectivity index (χ2n) is 4.83. The van der Waals surface area contributed by atoms with E-state index in [1.54, 1.807) is 24.4 Å². The first kappa shape index (κ1) is 15.5. The van der Waals surface area contributed by atoms with Crippen molar-refractivity contribution in [1.82, 2.24) is 10.3 Å². The van der Waals surface area contributed by atoms with Crippen LogP contribution in [0.3, 0.4) is 0 Å². The molecule has 0 spiro atoms. The van der Waals surface area contributed by atoms with E-state index in [4.69, 9.17) is 5.73 Å². The van der Waals surface area contributed by atoms with E-state index in [0.29, 0.717) is 29.9 Å². The molecular formula is C16H18N4O2. The number of carbonyl (C=O) groups excluding carboxylic acids is 2. The van der Waals surface area contributed by atoms with Gasteiger partial charge >= 0.3 is 0 Å². The average molecular weight is 298 g/mol. The van der Waals surface area contributed by atoms with Gasteiger partial charge in [-0.1, -0.05) is 17.7 Å². The molecule has 6 heteroatoms. The van der Waals surface area contributed by atoms with Crippen molar-refractivity contribution in [3.8, 4) is 0 Å². The van der Waals surface area contributed by atoms with Gasteiger partial charge in [0.25, 0.3) is 11.8 Å². The molecule has 1 heterocycles. The average Bonchev–Trinajstić information content (AvgIpc) is 2.52. The summed E-state index contributed by atoms with van der Waals surface area (Å²) < 4.78 is 0. The SMILES string of the molecule is Cc1ccc(C(=O)NCCNc2ccncc2C(N)=O)cc1. The van der Waals surface area contributed by atoms with Gasteiger partial charge in [0.1, 0.15) is 0 Å². The summed E-state index contributed by atoms with van der Waals surface area (Å²) in [5.41, 5.74) is 7.92. The lowest BCUT2D eigenvalue weighted by Gasteiger charge is -2.10. The minimum atomic E-state index is -0.542. The maximum atomic E-state index is 11.9. The Morgan fingerprint density at radius 3 is 2.55 bits per heavy atom. The standard InChI is InChI=1S/C16H18N4O2/c1-11-2-4-12(5-3-11)16(22)20-9-8-19-14-6-7-18-10-13(14)15(17)21/h2-7,10H,8-9H2,1H3,(H2,17,21)(H,18,19)(H,20,22). The first-order chi connectivity index (χ1) is 10.6. The fourth-order valence-electron chi connectivity index (χ4n) is 1.93. The van der Waals surface area contributed by atoms with Crippen molar-refractivity contribution in [2.75, 3.05) is 18.4 Å². The van der Waals surface area contributed by atoms with Gasteiger partial charge in [-0.05, 0) is 25.1 Å². The molecule has 0 aliphatic carbocycles. The number of hydrogen-bond acceptors (Lipinski definition) is 4. The lowest BCUT2D eigenvalue weighted by atomic mass is 10.1. The zero-order chi connectivity index (χ0) is 15.9. The molecule has 0 aliphatic heterocycles. The van der Waals surface area contributed by atoms with Gasteiger partial charge in [-0.25, -0.2) is 0 Å². The van der Waals surface area contributed by atoms with Gasteiger partial charge in [0, 0.05) is 31.0 Å². The molecule has 0 saturated heterocycles. The number of amides is 2. The van der Waals surface area contributed by atoms with Gasteiger partial charge < -0.3 is 16.4 Å². The Kier molecular flexibility index (Phi) is 5.08. The molecule has 0 fully saturated rings. The van der Waals surface area contributed by atoms with Gasteiger partial charge in [0.2, 0.25) is 0 Å². The molecule has 1 aromatic carbocycles. The summed E-state index contributed by atoms with van der Waals surface area (Å²) in [6.07, 6.45) is 2.98. The molecule has 1 aromatic heterocycles. The van der Waals surface area contributed by atoms with Crippen LogP contribution in [0.1, 0.15) is 26.3 Å². The number of carbonyl (C=O) groups is 2. The van der Waals surface area contributed by atoms with Crippen molar-refractivity contribution in [3.05, 3.63) is 59.4 Å². The predicted molar refractivity (Wildman–Crippen MR) is 84.8 cm³/mol. The molecule has 0 aliphatic rings. The van der Waals surface area contributed by atoms with E-state index in [-0.39, 0.29) is 5.91 Å². The van der Waals surface area contributed by atoms with Crippen molar-refractivity contribution >= 4 is 17.5 Å². The summed E-state index contributed by atoms with van der Waals surface area (Å²) in [5, 5.41) is 5.86. The summed E-state index contributed by atoms with van der Waals surface area (Å²) in [7, 11) is 0. The summed E-state index contributed by atoms with van der Waals surface area (Å²) in [5.74, 6) is -0.675. The first-order valence-corrected chi connectivity index (χ1v) is 6.90. The molecule has 2 amide bonds. The fourth-order valence-corrected chi connectivity index (χ4v) is 1.93. The quantitative estimate of drug-likeness (QED) is 0.701. The van der Waals surface area contributed by atoms with E-state index < -0.39 is 5.91 Å². The van der Waals surface area contributed by atoms with Crippen LogP contribution in [-0.4, -0.2) is 29.9 Å². The van der Waals surface area contributed by atoms with Gasteiger partial charge in [-0.3, -0.25) is 14.6 Å². The monoisotopic (exact) mass is 298 g/mol. The van der Waals surface area contributed by atoms with Crippen molar-refractivity contribution < 1.29 is 9.59 Å². The Labute approximate surface area is 128 Å². The normalized spacial score (nSPS) is 10.0. The van der Waals surface area contributed by atoms with Crippen LogP contribution in [0.4, 0.5) is 5.69 Å². The van der Waals surface area contributed by atoms with Crippen LogP contribution in [0, 0.1) is 6.92 Å². The minimum absolute atomic E-state index is 0.133. The van der Waals surface area contributed by atoms with E-state index in [0.717, 1.165) is 5.56 Å². The highest BCUT2D eigenvalue weighted by Crippen LogP contribution is 2.11. The number of benzene rings is 1. The van der Waals surface area contributed by atoms with Crippen LogP contribution in [-0.2, 0) is 0 Å². The summed E-state index contributed by atoms with van der Waals surface area (Å²) in [6.45, 7) is 2.87. The molecule has 0 bridgehead atoms. The van der Waals surface area contributed by atoms with Crippen LogP contribution in [0.2, 0.25) is 0 Å². The zero-order valence-corrected chi connectivity index (χ0v) is 12.3. The zero-order valence-electron chi connectivity index (χ0n) is 12.3. The van der Waals surface area contributed by atoms with Crippen molar-refractivity contribution in [1.29, 1.82) is 0 Å². The smallest absolute Gasteiger partial charge is 0.252 e. The van der Waals surface area contributed by atoms with Gasteiger partial charge in [-0.15, -0.1) is 0 Å². The maximum Gasteiger partial charge on any atom is 0.252 e. The number of pyridine rings is 1. The highest BCUT2D eigenvalue weighted by atomic mass is 16.2. The van der Waals surface area contributed by atoms with Crippen molar-refractivity contribution in [2.24, 2.45) is 5.73 Å². The Bertz CT molecular complexity index is 668. The number of rotatable bonds is 6. The van der Waals surface area contributed by atoms with Gasteiger partial charge in [0.15, 0.2) is 0 Å². The topological polar surface area (TPSA) is 97.1 Å². The number of primary amides is 1. The van der Waals surface area contributed by atoms with E-state index >= 15 is 0 Å². The largest absolute Gasteiger partial charge is 0.383 e. The van der Waals surface area contributed by atoms with E-state index in [9.17, 15) is 9.59 Å². The second kappa shape index (κ2) is 7.21. The lowest BCUT2D eigenvalue weighted by molar-refractivity contribution is 0.0953. The Morgan fingerprint density at radius 1 is 1.14 bits per heavy atom. The minimum Gasteiger partial charge on any atom is -0.383 e. The second-order valence-corrected chi connectivity index (χ2v) is 4.83. The lowest BCUT2D eigenvalue weighted by Crippen LogP contribution is -2.29. The molecule has 22 heavy (non-hydrogen) atoms. The van der Waals surface area contributed by atoms with Gasteiger partial charge in [-0.2, -0.15) is 0 Å². The van der Waals surface area contributed by atoms with E-state index in [1.807, 2.05) is 19.1 Å². The molecule has 0 atom stereocenters. The highest BCUT2D eigenvalue weighted by Gasteiger charge is 2.07. The Balaban J connectivity index is 1.83. The molecule has 2 aromatic rings. The fraction of sp³-hybridized carbons (Fsp3) is 0.188. The van der Waals surface area contributed by atoms with Crippen LogP contribution >= 0.6 is 0 Å². The molecule has 0 radical (unpaired) electrons. The van der Waals surface area contributed by atoms with Crippen molar-refractivity contribution in [2.45, 2.75) is 6.92 Å². The molecule has 2 rings (SSSR count). The molecule has 4 N–H and O–H groups in total. The van der Waals surface area contributed by atoms with Crippen LogP contribution in [0.25, 0.3) is 0 Å². The molecule has 114 valence electrons. The number of nitrogens with zero attached hydrogens (tertiary/aromatic N) is 1. The van der Waals surface area contributed by atoms with Crippen LogP contribution in [0.5, 0.6) is 0 Å². The molecular weight excluding hydrogens is 280 g/mol. The summed E-state index contributed by atoms with van der Waals surface area (Å²) in [4.78, 5) is 27.0. The molecule has 0 unspecified atom stereocenters. The van der Waals surface area contributed by atoms with Crippen LogP contribution < -0.4 is 16.4 Å². The summed E-state index contributed by atoms with van der Waals surface area (Å²) in [6, 6.07) is 9.02. The predicted octanol–water partition coefficient (Wildman–Crippen LogP) is 1.33. The van der Waals surface area contributed by atoms with Crippen LogP contribution in [0.15, 0.2) is 42.7 Å².